The van der Waals surface area contributed by atoms with Crippen LogP contribution in [0.2, 0.25) is 0 Å². The molecular formula is C14H14CaO4. The van der Waals surface area contributed by atoms with E-state index in [4.69, 9.17) is 0 Å². The molecule has 0 aliphatic heterocycles. The number of benzene rings is 1. The van der Waals surface area contributed by atoms with Gasteiger partial charge in [0.1, 0.15) is 0 Å². The quantitative estimate of drug-likeness (QED) is 0.523. The van der Waals surface area contributed by atoms with Crippen LogP contribution >= 0.6 is 0 Å². The number of hydrogen-bond acceptors (Lipinski definition) is 4. The Bertz CT molecular complexity index is 480. The van der Waals surface area contributed by atoms with Gasteiger partial charge in [0, 0.05) is 5.57 Å². The van der Waals surface area contributed by atoms with Gasteiger partial charge in [-0.3, -0.25) is 0 Å². The van der Waals surface area contributed by atoms with Gasteiger partial charge in [0.25, 0.3) is 0 Å². The summed E-state index contributed by atoms with van der Waals surface area (Å²) in [7, 11) is 0. The van der Waals surface area contributed by atoms with Gasteiger partial charge < -0.3 is 19.8 Å². The van der Waals surface area contributed by atoms with E-state index in [0.29, 0.717) is 18.1 Å². The molecule has 5 heteroatoms. The third kappa shape index (κ3) is 5.76. The number of carboxylic acid groups (broad SMARTS) is 2. The fourth-order valence-corrected chi connectivity index (χ4v) is 1.73. The van der Waals surface area contributed by atoms with E-state index < -0.39 is 11.9 Å². The molecule has 0 saturated heterocycles. The van der Waals surface area contributed by atoms with Crippen LogP contribution in [-0.2, 0) is 16.0 Å². The van der Waals surface area contributed by atoms with Gasteiger partial charge in [-0.15, -0.1) is 0 Å². The molecular weight excluding hydrogens is 272 g/mol. The summed E-state index contributed by atoms with van der Waals surface area (Å²) in [6, 6.07) is 6.82. The fourth-order valence-electron chi connectivity index (χ4n) is 1.73. The maximum absolute atomic E-state index is 11.0. The number of hydrogen-bond donors (Lipinski definition) is 0. The van der Waals surface area contributed by atoms with Crippen LogP contribution in [0.4, 0.5) is 0 Å². The largest absolute Gasteiger partial charge is 2.00 e. The molecule has 0 aliphatic carbocycles. The van der Waals surface area contributed by atoms with Crippen molar-refractivity contribution in [2.45, 2.75) is 26.2 Å². The SMILES string of the molecule is CCCCc1ccccc1/C(=C/C(=O)[O-])C(=O)[O-].[Ca+2]. The van der Waals surface area contributed by atoms with Crippen LogP contribution < -0.4 is 10.2 Å². The van der Waals surface area contributed by atoms with E-state index >= 15 is 0 Å². The first-order valence-corrected chi connectivity index (χ1v) is 5.78. The van der Waals surface area contributed by atoms with Crippen LogP contribution in [0, 0.1) is 0 Å². The Labute approximate surface area is 142 Å². The molecule has 96 valence electrons. The Morgan fingerprint density at radius 3 is 2.37 bits per heavy atom. The van der Waals surface area contributed by atoms with Crippen molar-refractivity contribution in [2.24, 2.45) is 0 Å². The molecule has 4 nitrogen and oxygen atoms in total. The molecule has 0 N–H and O–H groups in total. The fraction of sp³-hybridized carbons (Fsp3) is 0.286. The van der Waals surface area contributed by atoms with Crippen LogP contribution in [0.3, 0.4) is 0 Å². The molecule has 0 atom stereocenters. The van der Waals surface area contributed by atoms with Crippen molar-refractivity contribution in [3.8, 4) is 0 Å². The number of carbonyl (C=O) groups is 2. The molecule has 1 aromatic carbocycles. The summed E-state index contributed by atoms with van der Waals surface area (Å²) in [5.41, 5.74) is 0.841. The second-order valence-corrected chi connectivity index (χ2v) is 3.93. The molecule has 0 bridgehead atoms. The van der Waals surface area contributed by atoms with Crippen LogP contribution in [0.15, 0.2) is 30.3 Å². The van der Waals surface area contributed by atoms with E-state index in [0.717, 1.165) is 18.4 Å². The van der Waals surface area contributed by atoms with E-state index in [1.807, 2.05) is 6.92 Å². The van der Waals surface area contributed by atoms with Crippen LogP contribution in [0.1, 0.15) is 30.9 Å². The van der Waals surface area contributed by atoms with Crippen molar-refractivity contribution in [3.05, 3.63) is 41.5 Å². The monoisotopic (exact) mass is 286 g/mol. The summed E-state index contributed by atoms with van der Waals surface area (Å²) in [6.07, 6.45) is 3.15. The zero-order valence-electron chi connectivity index (χ0n) is 10.8. The van der Waals surface area contributed by atoms with Crippen LogP contribution in [0.25, 0.3) is 5.57 Å². The Morgan fingerprint density at radius 2 is 1.84 bits per heavy atom. The maximum atomic E-state index is 11.0. The number of unbranched alkanes of at least 4 members (excludes halogenated alkanes) is 1. The van der Waals surface area contributed by atoms with Crippen molar-refractivity contribution in [2.75, 3.05) is 0 Å². The molecule has 1 rings (SSSR count). The number of rotatable bonds is 6. The molecule has 0 saturated carbocycles. The number of aryl methyl sites for hydroxylation is 1. The first kappa shape index (κ1) is 18.2. The molecule has 0 fully saturated rings. The Hall–Kier alpha value is -0.840. The Balaban J connectivity index is 0.00000324. The average Bonchev–Trinajstić information content (AvgIpc) is 2.33. The molecule has 19 heavy (non-hydrogen) atoms. The van der Waals surface area contributed by atoms with Crippen LogP contribution in [-0.4, -0.2) is 49.7 Å². The topological polar surface area (TPSA) is 80.3 Å². The van der Waals surface area contributed by atoms with Gasteiger partial charge in [-0.05, 0) is 30.0 Å². The predicted molar refractivity (Wildman–Crippen MR) is 68.8 cm³/mol. The molecule has 0 radical (unpaired) electrons. The summed E-state index contributed by atoms with van der Waals surface area (Å²) in [5, 5.41) is 21.5. The first-order chi connectivity index (χ1) is 8.56. The second kappa shape index (κ2) is 9.13. The Morgan fingerprint density at radius 1 is 1.21 bits per heavy atom. The van der Waals surface area contributed by atoms with Gasteiger partial charge >= 0.3 is 37.7 Å². The molecule has 0 heterocycles. The van der Waals surface area contributed by atoms with Crippen molar-refractivity contribution >= 4 is 55.2 Å². The number of carboxylic acids is 2. The van der Waals surface area contributed by atoms with Gasteiger partial charge in [-0.25, -0.2) is 0 Å². The third-order valence-corrected chi connectivity index (χ3v) is 2.59. The van der Waals surface area contributed by atoms with E-state index in [9.17, 15) is 19.8 Å². The van der Waals surface area contributed by atoms with Gasteiger partial charge in [0.05, 0.1) is 11.9 Å². The van der Waals surface area contributed by atoms with E-state index in [1.165, 1.54) is 0 Å². The standard InChI is InChI=1S/C14H16O4.Ca/c1-2-3-6-10-7-4-5-8-11(10)12(14(17)18)9-13(15)16;/h4-5,7-9H,2-3,6H2,1H3,(H,15,16)(H,17,18);/q;+2/p-2/b12-9-;. The van der Waals surface area contributed by atoms with Gasteiger partial charge in [-0.2, -0.15) is 0 Å². The smallest absolute Gasteiger partial charge is 0.545 e. The predicted octanol–water partition coefficient (Wildman–Crippen LogP) is -0.468. The van der Waals surface area contributed by atoms with E-state index in [2.05, 4.69) is 0 Å². The normalized spacial score (nSPS) is 10.7. The van der Waals surface area contributed by atoms with E-state index in [-0.39, 0.29) is 43.3 Å². The molecule has 0 amide bonds. The van der Waals surface area contributed by atoms with E-state index in [1.54, 1.807) is 24.3 Å². The molecule has 0 spiro atoms. The van der Waals surface area contributed by atoms with Gasteiger partial charge in [-0.1, -0.05) is 37.6 Å². The Kier molecular flexibility index (Phi) is 8.72. The second-order valence-electron chi connectivity index (χ2n) is 3.93. The molecule has 1 aromatic rings. The van der Waals surface area contributed by atoms with Gasteiger partial charge in [0.15, 0.2) is 0 Å². The molecule has 0 unspecified atom stereocenters. The minimum absolute atomic E-state index is 0. The first-order valence-electron chi connectivity index (χ1n) is 5.78. The van der Waals surface area contributed by atoms with Crippen molar-refractivity contribution in [3.63, 3.8) is 0 Å². The summed E-state index contributed by atoms with van der Waals surface area (Å²) in [5.74, 6) is -3.05. The zero-order valence-corrected chi connectivity index (χ0v) is 13.1. The van der Waals surface area contributed by atoms with Crippen molar-refractivity contribution < 1.29 is 19.8 Å². The third-order valence-electron chi connectivity index (χ3n) is 2.59. The zero-order chi connectivity index (χ0) is 13.5. The summed E-state index contributed by atoms with van der Waals surface area (Å²) in [6.45, 7) is 2.03. The molecule has 0 aliphatic rings. The van der Waals surface area contributed by atoms with Gasteiger partial charge in [0.2, 0.25) is 0 Å². The average molecular weight is 286 g/mol. The van der Waals surface area contributed by atoms with Crippen molar-refractivity contribution in [1.29, 1.82) is 0 Å². The molecule has 0 aromatic heterocycles. The number of carbonyl (C=O) groups excluding carboxylic acids is 2. The minimum Gasteiger partial charge on any atom is -0.545 e. The summed E-state index contributed by atoms with van der Waals surface area (Å²) in [4.78, 5) is 21.5. The van der Waals surface area contributed by atoms with Crippen LogP contribution in [0.5, 0.6) is 0 Å². The number of aliphatic carboxylic acids is 2. The van der Waals surface area contributed by atoms with Crippen molar-refractivity contribution in [1.82, 2.24) is 0 Å². The maximum Gasteiger partial charge on any atom is 2.00 e. The summed E-state index contributed by atoms with van der Waals surface area (Å²) >= 11 is 0. The minimum atomic E-state index is -1.54. The summed E-state index contributed by atoms with van der Waals surface area (Å²) < 4.78 is 0.